The zero-order valence-electron chi connectivity index (χ0n) is 12.2. The van der Waals surface area contributed by atoms with Gasteiger partial charge in [-0.3, -0.25) is 4.79 Å². The normalized spacial score (nSPS) is 12.2. The van der Waals surface area contributed by atoms with Crippen LogP contribution in [0.1, 0.15) is 39.4 Å². The van der Waals surface area contributed by atoms with E-state index < -0.39 is 0 Å². The average molecular weight is 252 g/mol. The van der Waals surface area contributed by atoms with Crippen LogP contribution in [-0.2, 0) is 0 Å². The van der Waals surface area contributed by atoms with Crippen LogP contribution < -0.4 is 10.9 Å². The van der Waals surface area contributed by atoms with E-state index in [0.29, 0.717) is 11.6 Å². The van der Waals surface area contributed by atoms with Gasteiger partial charge in [0.1, 0.15) is 11.6 Å². The largest absolute Gasteiger partial charge is 0.368 e. The summed E-state index contributed by atoms with van der Waals surface area (Å²) in [5.74, 6) is 1.56. The predicted octanol–water partition coefficient (Wildman–Crippen LogP) is 1.65. The van der Waals surface area contributed by atoms with E-state index in [1.54, 1.807) is 0 Å². The Labute approximate surface area is 109 Å². The van der Waals surface area contributed by atoms with Crippen molar-refractivity contribution in [1.29, 1.82) is 0 Å². The molecule has 0 radical (unpaired) electrons. The first-order chi connectivity index (χ1) is 8.22. The van der Waals surface area contributed by atoms with Gasteiger partial charge < -0.3 is 15.2 Å². The van der Waals surface area contributed by atoms with Crippen LogP contribution >= 0.6 is 0 Å². The Morgan fingerprint density at radius 2 is 2.06 bits per heavy atom. The van der Waals surface area contributed by atoms with E-state index in [0.717, 1.165) is 6.54 Å². The van der Waals surface area contributed by atoms with Gasteiger partial charge in [0.15, 0.2) is 0 Å². The van der Waals surface area contributed by atoms with Gasteiger partial charge in [0.05, 0.1) is 0 Å². The van der Waals surface area contributed by atoms with Gasteiger partial charge in [0, 0.05) is 24.1 Å². The zero-order valence-corrected chi connectivity index (χ0v) is 12.2. The molecule has 5 heteroatoms. The van der Waals surface area contributed by atoms with Crippen molar-refractivity contribution in [3.05, 3.63) is 22.2 Å². The monoisotopic (exact) mass is 252 g/mol. The van der Waals surface area contributed by atoms with Crippen molar-refractivity contribution < 1.29 is 0 Å². The summed E-state index contributed by atoms with van der Waals surface area (Å²) in [6.07, 6.45) is 0. The van der Waals surface area contributed by atoms with Gasteiger partial charge >= 0.3 is 0 Å². The maximum Gasteiger partial charge on any atom is 0.252 e. The zero-order chi connectivity index (χ0) is 13.9. The van der Waals surface area contributed by atoms with E-state index >= 15 is 0 Å². The molecule has 1 rings (SSSR count). The summed E-state index contributed by atoms with van der Waals surface area (Å²) in [7, 11) is 4.07. The molecule has 0 aliphatic heterocycles. The molecule has 0 unspecified atom stereocenters. The number of H-pyrrole nitrogens is 1. The van der Waals surface area contributed by atoms with Crippen LogP contribution in [0.25, 0.3) is 0 Å². The van der Waals surface area contributed by atoms with Gasteiger partial charge in [0.2, 0.25) is 0 Å². The molecule has 0 aromatic carbocycles. The molecule has 18 heavy (non-hydrogen) atoms. The van der Waals surface area contributed by atoms with Crippen molar-refractivity contribution in [1.82, 2.24) is 14.9 Å². The molecule has 5 nitrogen and oxygen atoms in total. The van der Waals surface area contributed by atoms with Gasteiger partial charge in [-0.25, -0.2) is 4.98 Å². The molecule has 0 fully saturated rings. The van der Waals surface area contributed by atoms with Crippen molar-refractivity contribution >= 4 is 5.82 Å². The number of nitrogens with one attached hydrogen (secondary N) is 2. The lowest BCUT2D eigenvalue weighted by Crippen LogP contribution is -2.44. The number of aromatic nitrogens is 2. The molecule has 2 N–H and O–H groups in total. The third-order valence-corrected chi connectivity index (χ3v) is 3.22. The SMILES string of the molecule is CC(C)c1nc(NCC(C)(C)N(C)C)cc(=O)[nH]1. The fourth-order valence-electron chi connectivity index (χ4n) is 1.31. The quantitative estimate of drug-likeness (QED) is 0.836. The number of hydrogen-bond acceptors (Lipinski definition) is 4. The highest BCUT2D eigenvalue weighted by Crippen LogP contribution is 2.13. The predicted molar refractivity (Wildman–Crippen MR) is 75.2 cm³/mol. The van der Waals surface area contributed by atoms with Crippen molar-refractivity contribution in [2.75, 3.05) is 26.0 Å². The third kappa shape index (κ3) is 3.84. The Morgan fingerprint density at radius 3 is 2.56 bits per heavy atom. The molecule has 0 aliphatic rings. The number of aromatic amines is 1. The third-order valence-electron chi connectivity index (χ3n) is 3.22. The second kappa shape index (κ2) is 5.52. The lowest BCUT2D eigenvalue weighted by molar-refractivity contribution is 0.210. The van der Waals surface area contributed by atoms with Crippen LogP contribution in [-0.4, -0.2) is 41.0 Å². The highest BCUT2D eigenvalue weighted by molar-refractivity contribution is 5.34. The summed E-state index contributed by atoms with van der Waals surface area (Å²) in [5, 5.41) is 3.23. The topological polar surface area (TPSA) is 61.0 Å². The van der Waals surface area contributed by atoms with E-state index in [4.69, 9.17) is 0 Å². The van der Waals surface area contributed by atoms with Crippen LogP contribution in [0.5, 0.6) is 0 Å². The summed E-state index contributed by atoms with van der Waals surface area (Å²) in [6.45, 7) is 9.01. The number of likely N-dealkylation sites (N-methyl/N-ethyl adjacent to an activating group) is 1. The number of hydrogen-bond donors (Lipinski definition) is 2. The fourth-order valence-corrected chi connectivity index (χ4v) is 1.31. The Hall–Kier alpha value is -1.36. The fraction of sp³-hybridized carbons (Fsp3) is 0.692. The summed E-state index contributed by atoms with van der Waals surface area (Å²) >= 11 is 0. The molecule has 0 saturated carbocycles. The lowest BCUT2D eigenvalue weighted by Gasteiger charge is -2.32. The maximum absolute atomic E-state index is 11.5. The highest BCUT2D eigenvalue weighted by atomic mass is 16.1. The molecular weight excluding hydrogens is 228 g/mol. The Bertz CT molecular complexity index is 449. The molecule has 0 aliphatic carbocycles. The molecule has 1 aromatic heterocycles. The Morgan fingerprint density at radius 1 is 1.44 bits per heavy atom. The van der Waals surface area contributed by atoms with E-state index in [1.807, 2.05) is 27.9 Å². The van der Waals surface area contributed by atoms with E-state index in [-0.39, 0.29) is 17.0 Å². The van der Waals surface area contributed by atoms with Gasteiger partial charge in [0.25, 0.3) is 5.56 Å². The molecule has 0 saturated heterocycles. The number of rotatable bonds is 5. The molecule has 102 valence electrons. The van der Waals surface area contributed by atoms with Crippen molar-refractivity contribution in [2.24, 2.45) is 0 Å². The van der Waals surface area contributed by atoms with Gasteiger partial charge in [-0.1, -0.05) is 13.8 Å². The van der Waals surface area contributed by atoms with Crippen molar-refractivity contribution in [3.63, 3.8) is 0 Å². The molecule has 1 aromatic rings. The van der Waals surface area contributed by atoms with Crippen molar-refractivity contribution in [2.45, 2.75) is 39.2 Å². The second-order valence-electron chi connectivity index (χ2n) is 5.73. The van der Waals surface area contributed by atoms with E-state index in [1.165, 1.54) is 6.07 Å². The summed E-state index contributed by atoms with van der Waals surface area (Å²) in [4.78, 5) is 20.8. The molecule has 0 atom stereocenters. The standard InChI is InChI=1S/C13H24N4O/c1-9(2)12-15-10(7-11(18)16-12)14-8-13(3,4)17(5)6/h7,9H,8H2,1-6H3,(H2,14,15,16,18). The highest BCUT2D eigenvalue weighted by Gasteiger charge is 2.20. The Kier molecular flexibility index (Phi) is 4.51. The van der Waals surface area contributed by atoms with E-state index in [9.17, 15) is 4.79 Å². The Balaban J connectivity index is 2.83. The average Bonchev–Trinajstić information content (AvgIpc) is 2.25. The van der Waals surface area contributed by atoms with Crippen LogP contribution in [0, 0.1) is 0 Å². The molecule has 0 amide bonds. The molecule has 0 bridgehead atoms. The smallest absolute Gasteiger partial charge is 0.252 e. The summed E-state index contributed by atoms with van der Waals surface area (Å²) in [5.41, 5.74) is -0.110. The summed E-state index contributed by atoms with van der Waals surface area (Å²) in [6, 6.07) is 1.50. The molecular formula is C13H24N4O. The first kappa shape index (κ1) is 14.7. The maximum atomic E-state index is 11.5. The first-order valence-corrected chi connectivity index (χ1v) is 6.25. The second-order valence-corrected chi connectivity index (χ2v) is 5.73. The number of anilines is 1. The van der Waals surface area contributed by atoms with Crippen molar-refractivity contribution in [3.8, 4) is 0 Å². The van der Waals surface area contributed by atoms with Crippen LogP contribution in [0.2, 0.25) is 0 Å². The summed E-state index contributed by atoms with van der Waals surface area (Å²) < 4.78 is 0. The van der Waals surface area contributed by atoms with Gasteiger partial charge in [-0.2, -0.15) is 0 Å². The number of nitrogens with zero attached hydrogens (tertiary/aromatic N) is 2. The minimum Gasteiger partial charge on any atom is -0.368 e. The van der Waals surface area contributed by atoms with Crippen LogP contribution in [0.15, 0.2) is 10.9 Å². The molecule has 1 heterocycles. The van der Waals surface area contributed by atoms with Crippen LogP contribution in [0.4, 0.5) is 5.82 Å². The lowest BCUT2D eigenvalue weighted by atomic mass is 10.0. The molecule has 0 spiro atoms. The van der Waals surface area contributed by atoms with Gasteiger partial charge in [-0.05, 0) is 27.9 Å². The van der Waals surface area contributed by atoms with E-state index in [2.05, 4.69) is 34.0 Å². The minimum atomic E-state index is -0.112. The van der Waals surface area contributed by atoms with Crippen LogP contribution in [0.3, 0.4) is 0 Å². The van der Waals surface area contributed by atoms with Gasteiger partial charge in [-0.15, -0.1) is 0 Å². The minimum absolute atomic E-state index is 0.00226. The first-order valence-electron chi connectivity index (χ1n) is 6.25.